The first-order valence-electron chi connectivity index (χ1n) is 9.12. The lowest BCUT2D eigenvalue weighted by molar-refractivity contribution is -0.117. The molecule has 1 heterocycles. The summed E-state index contributed by atoms with van der Waals surface area (Å²) in [5, 5.41) is 3.99. The predicted octanol–water partition coefficient (Wildman–Crippen LogP) is 5.09. The van der Waals surface area contributed by atoms with E-state index in [1.165, 1.54) is 0 Å². The van der Waals surface area contributed by atoms with Gasteiger partial charge in [0.2, 0.25) is 0 Å². The lowest BCUT2D eigenvalue weighted by Gasteiger charge is -2.15. The number of rotatable bonds is 7. The predicted molar refractivity (Wildman–Crippen MR) is 121 cm³/mol. The van der Waals surface area contributed by atoms with Crippen molar-refractivity contribution in [1.82, 2.24) is 4.98 Å². The normalized spacial score (nSPS) is 11.8. The lowest BCUT2D eigenvalue weighted by atomic mass is 9.97. The molecule has 5 N–H and O–H groups in total. The Morgan fingerprint density at radius 3 is 2.38 bits per heavy atom. The third-order valence-electron chi connectivity index (χ3n) is 4.76. The van der Waals surface area contributed by atoms with Crippen LogP contribution in [0.4, 0.5) is 17.2 Å². The number of anilines is 3. The van der Waals surface area contributed by atoms with Gasteiger partial charge in [0.05, 0.1) is 18.1 Å². The monoisotopic (exact) mass is 428 g/mol. The van der Waals surface area contributed by atoms with Gasteiger partial charge < -0.3 is 16.8 Å². The Hall–Kier alpha value is -2.76. The van der Waals surface area contributed by atoms with E-state index in [1.54, 1.807) is 6.07 Å². The van der Waals surface area contributed by atoms with Gasteiger partial charge in [0.15, 0.2) is 5.78 Å². The quantitative estimate of drug-likeness (QED) is 0.455. The van der Waals surface area contributed by atoms with Crippen LogP contribution in [0.1, 0.15) is 24.1 Å². The Balaban J connectivity index is 1.82. The molecule has 1 unspecified atom stereocenters. The molecule has 0 amide bonds. The number of aromatic nitrogens is 1. The second-order valence-corrected chi connectivity index (χ2v) is 7.47. The van der Waals surface area contributed by atoms with Crippen molar-refractivity contribution in [3.05, 3.63) is 70.9 Å². The lowest BCUT2D eigenvalue weighted by Crippen LogP contribution is -2.10. The van der Waals surface area contributed by atoms with Crippen LogP contribution in [-0.2, 0) is 11.3 Å². The fourth-order valence-electron chi connectivity index (χ4n) is 3.10. The molecule has 0 radical (unpaired) electrons. The van der Waals surface area contributed by atoms with Crippen LogP contribution in [0.15, 0.2) is 54.6 Å². The number of nitrogen functional groups attached to an aromatic ring is 2. The Morgan fingerprint density at radius 2 is 1.76 bits per heavy atom. The summed E-state index contributed by atoms with van der Waals surface area (Å²) in [6.45, 7) is 2.29. The average molecular weight is 429 g/mol. The van der Waals surface area contributed by atoms with Gasteiger partial charge in [-0.15, -0.1) is 11.6 Å². The van der Waals surface area contributed by atoms with Gasteiger partial charge in [-0.25, -0.2) is 4.98 Å². The number of alkyl halides is 1. The summed E-state index contributed by atoms with van der Waals surface area (Å²) >= 11 is 11.6. The SMILES string of the molecule is CC(C(=O)CCl)c1ccc(NCc2nc(N)cc(N)c2-c2ccc(Cl)cc2)cc1. The summed E-state index contributed by atoms with van der Waals surface area (Å²) in [6.07, 6.45) is 0. The van der Waals surface area contributed by atoms with E-state index in [9.17, 15) is 4.79 Å². The third kappa shape index (κ3) is 5.00. The molecule has 0 saturated carbocycles. The van der Waals surface area contributed by atoms with Crippen LogP contribution in [0.5, 0.6) is 0 Å². The molecule has 2 aromatic carbocycles. The minimum absolute atomic E-state index is 0.000539. The highest BCUT2D eigenvalue weighted by Gasteiger charge is 2.15. The zero-order valence-electron chi connectivity index (χ0n) is 16.0. The standard InChI is InChI=1S/C22H22Cl2N4O/c1-13(20(29)11-23)14-4-8-17(9-5-14)27-12-19-22(18(25)10-21(26)28-19)15-2-6-16(24)7-3-15/h2-10,13,27H,11-12H2,1H3,(H4,25,26,28). The van der Waals surface area contributed by atoms with Crippen molar-refractivity contribution in [2.75, 3.05) is 22.7 Å². The number of Topliss-reactive ketones (excluding diaryl/α,β-unsaturated/α-hetero) is 1. The molecule has 0 fully saturated rings. The van der Waals surface area contributed by atoms with E-state index in [0.717, 1.165) is 28.1 Å². The minimum atomic E-state index is -0.228. The van der Waals surface area contributed by atoms with E-state index in [-0.39, 0.29) is 17.6 Å². The first kappa shape index (κ1) is 21.0. The Kier molecular flexibility index (Phi) is 6.62. The Bertz CT molecular complexity index is 1000. The zero-order chi connectivity index (χ0) is 21.0. The average Bonchev–Trinajstić information content (AvgIpc) is 2.72. The van der Waals surface area contributed by atoms with Crippen LogP contribution in [-0.4, -0.2) is 16.6 Å². The molecule has 0 aliphatic heterocycles. The second-order valence-electron chi connectivity index (χ2n) is 6.76. The van der Waals surface area contributed by atoms with Gasteiger partial charge >= 0.3 is 0 Å². The van der Waals surface area contributed by atoms with Gasteiger partial charge in [-0.1, -0.05) is 42.8 Å². The molecular weight excluding hydrogens is 407 g/mol. The van der Waals surface area contributed by atoms with Crippen LogP contribution in [0.3, 0.4) is 0 Å². The molecule has 0 aliphatic rings. The van der Waals surface area contributed by atoms with Gasteiger partial charge in [0.1, 0.15) is 5.82 Å². The first-order valence-corrected chi connectivity index (χ1v) is 10.0. The van der Waals surface area contributed by atoms with Crippen LogP contribution in [0.25, 0.3) is 11.1 Å². The van der Waals surface area contributed by atoms with Crippen molar-refractivity contribution in [3.8, 4) is 11.1 Å². The molecule has 1 aromatic heterocycles. The Morgan fingerprint density at radius 1 is 1.10 bits per heavy atom. The van der Waals surface area contributed by atoms with E-state index >= 15 is 0 Å². The van der Waals surface area contributed by atoms with Crippen LogP contribution < -0.4 is 16.8 Å². The maximum Gasteiger partial charge on any atom is 0.154 e. The highest BCUT2D eigenvalue weighted by atomic mass is 35.5. The Labute approximate surface area is 180 Å². The fourth-order valence-corrected chi connectivity index (χ4v) is 3.45. The highest BCUT2D eigenvalue weighted by Crippen LogP contribution is 2.31. The summed E-state index contributed by atoms with van der Waals surface area (Å²) in [5.41, 5.74) is 17.0. The summed E-state index contributed by atoms with van der Waals surface area (Å²) in [6, 6.07) is 16.8. The third-order valence-corrected chi connectivity index (χ3v) is 5.28. The number of benzene rings is 2. The summed E-state index contributed by atoms with van der Waals surface area (Å²) in [5.74, 6) is 0.144. The number of ketones is 1. The molecule has 29 heavy (non-hydrogen) atoms. The van der Waals surface area contributed by atoms with Gasteiger partial charge in [0, 0.05) is 33.9 Å². The minimum Gasteiger partial charge on any atom is -0.398 e. The molecule has 3 aromatic rings. The van der Waals surface area contributed by atoms with E-state index < -0.39 is 0 Å². The van der Waals surface area contributed by atoms with Crippen molar-refractivity contribution in [1.29, 1.82) is 0 Å². The number of nitrogens with zero attached hydrogens (tertiary/aromatic N) is 1. The van der Waals surface area contributed by atoms with E-state index in [1.807, 2.05) is 55.5 Å². The first-order chi connectivity index (χ1) is 13.9. The van der Waals surface area contributed by atoms with Crippen molar-refractivity contribution in [3.63, 3.8) is 0 Å². The van der Waals surface area contributed by atoms with E-state index in [4.69, 9.17) is 34.7 Å². The molecule has 0 saturated heterocycles. The van der Waals surface area contributed by atoms with Gasteiger partial charge in [-0.05, 0) is 35.4 Å². The largest absolute Gasteiger partial charge is 0.398 e. The van der Waals surface area contributed by atoms with Crippen molar-refractivity contribution in [2.24, 2.45) is 0 Å². The van der Waals surface area contributed by atoms with Gasteiger partial charge in [-0.3, -0.25) is 4.79 Å². The number of halogens is 2. The summed E-state index contributed by atoms with van der Waals surface area (Å²) < 4.78 is 0. The highest BCUT2D eigenvalue weighted by molar-refractivity contribution is 6.30. The molecule has 0 aliphatic carbocycles. The van der Waals surface area contributed by atoms with Crippen molar-refractivity contribution in [2.45, 2.75) is 19.4 Å². The van der Waals surface area contributed by atoms with Crippen molar-refractivity contribution < 1.29 is 4.79 Å². The zero-order valence-corrected chi connectivity index (χ0v) is 17.5. The van der Waals surface area contributed by atoms with Crippen LogP contribution >= 0.6 is 23.2 Å². The number of nitrogens with one attached hydrogen (secondary N) is 1. The molecule has 3 rings (SSSR count). The molecule has 150 valence electrons. The maximum atomic E-state index is 11.8. The fraction of sp³-hybridized carbons (Fsp3) is 0.182. The number of nitrogens with two attached hydrogens (primary N) is 2. The second kappa shape index (κ2) is 9.16. The van der Waals surface area contributed by atoms with Gasteiger partial charge in [0.25, 0.3) is 0 Å². The summed E-state index contributed by atoms with van der Waals surface area (Å²) in [7, 11) is 0. The summed E-state index contributed by atoms with van der Waals surface area (Å²) in [4.78, 5) is 16.2. The molecule has 0 spiro atoms. The number of carbonyl (C=O) groups excluding carboxylic acids is 1. The maximum absolute atomic E-state index is 11.8. The molecule has 0 bridgehead atoms. The van der Waals surface area contributed by atoms with Crippen molar-refractivity contribution >= 4 is 46.2 Å². The van der Waals surface area contributed by atoms with Crippen LogP contribution in [0.2, 0.25) is 5.02 Å². The number of hydrogen-bond donors (Lipinski definition) is 3. The topological polar surface area (TPSA) is 94.0 Å². The molecular formula is C22H22Cl2N4O. The molecule has 1 atom stereocenters. The number of carbonyl (C=O) groups is 1. The van der Waals surface area contributed by atoms with Gasteiger partial charge in [-0.2, -0.15) is 0 Å². The number of pyridine rings is 1. The molecule has 7 heteroatoms. The number of hydrogen-bond acceptors (Lipinski definition) is 5. The van der Waals surface area contributed by atoms with E-state index in [0.29, 0.717) is 23.1 Å². The molecule has 5 nitrogen and oxygen atoms in total. The smallest absolute Gasteiger partial charge is 0.154 e. The van der Waals surface area contributed by atoms with E-state index in [2.05, 4.69) is 10.3 Å². The van der Waals surface area contributed by atoms with Crippen LogP contribution in [0, 0.1) is 0 Å².